The van der Waals surface area contributed by atoms with Crippen molar-refractivity contribution in [3.05, 3.63) is 89.6 Å². The first-order chi connectivity index (χ1) is 16.9. The molecule has 180 valence electrons. The Kier molecular flexibility index (Phi) is 7.57. The lowest BCUT2D eigenvalue weighted by atomic mass is 10.2. The second-order valence-corrected chi connectivity index (χ2v) is 8.80. The molecule has 0 atom stereocenters. The van der Waals surface area contributed by atoms with Crippen LogP contribution >= 0.6 is 11.8 Å². The van der Waals surface area contributed by atoms with Crippen molar-refractivity contribution in [2.75, 3.05) is 18.2 Å². The molecule has 0 aliphatic rings. The van der Waals surface area contributed by atoms with E-state index in [1.165, 1.54) is 11.8 Å². The van der Waals surface area contributed by atoms with Crippen molar-refractivity contribution in [3.8, 4) is 11.4 Å². The van der Waals surface area contributed by atoms with Crippen LogP contribution in [0.25, 0.3) is 5.69 Å². The van der Waals surface area contributed by atoms with Gasteiger partial charge in [0.1, 0.15) is 17.3 Å². The molecule has 0 fully saturated rings. The number of nitrogens with zero attached hydrogens (tertiary/aromatic N) is 2. The number of thioether (sulfide) groups is 1. The van der Waals surface area contributed by atoms with Crippen LogP contribution in [0, 0.1) is 13.8 Å². The van der Waals surface area contributed by atoms with Gasteiger partial charge < -0.3 is 19.8 Å². The van der Waals surface area contributed by atoms with Gasteiger partial charge in [-0.3, -0.25) is 14.2 Å². The van der Waals surface area contributed by atoms with E-state index in [9.17, 15) is 9.59 Å². The smallest absolute Gasteiger partial charge is 0.251 e. The van der Waals surface area contributed by atoms with Gasteiger partial charge in [0.2, 0.25) is 5.91 Å². The lowest BCUT2D eigenvalue weighted by Gasteiger charge is -2.11. The molecule has 0 saturated heterocycles. The Morgan fingerprint density at radius 2 is 1.89 bits per heavy atom. The number of ether oxygens (including phenoxy) is 1. The molecular formula is C26H26N4O4S. The van der Waals surface area contributed by atoms with E-state index in [0.29, 0.717) is 34.5 Å². The highest BCUT2D eigenvalue weighted by molar-refractivity contribution is 7.99. The Balaban J connectivity index is 1.36. The normalized spacial score (nSPS) is 10.7. The zero-order valence-corrected chi connectivity index (χ0v) is 20.5. The molecular weight excluding hydrogens is 464 g/mol. The summed E-state index contributed by atoms with van der Waals surface area (Å²) in [6.07, 6.45) is 3.49. The summed E-state index contributed by atoms with van der Waals surface area (Å²) in [6.45, 7) is 4.14. The van der Waals surface area contributed by atoms with Crippen molar-refractivity contribution < 1.29 is 18.7 Å². The molecule has 0 saturated carbocycles. The summed E-state index contributed by atoms with van der Waals surface area (Å²) in [5.41, 5.74) is 3.04. The first-order valence-electron chi connectivity index (χ1n) is 11.0. The highest BCUT2D eigenvalue weighted by Crippen LogP contribution is 2.26. The maximum absolute atomic E-state index is 12.5. The summed E-state index contributed by atoms with van der Waals surface area (Å²) in [4.78, 5) is 29.4. The zero-order chi connectivity index (χ0) is 24.8. The van der Waals surface area contributed by atoms with Crippen molar-refractivity contribution in [2.24, 2.45) is 0 Å². The van der Waals surface area contributed by atoms with Gasteiger partial charge in [0.05, 0.1) is 25.1 Å². The number of hydrogen-bond donors (Lipinski definition) is 2. The Morgan fingerprint density at radius 1 is 1.09 bits per heavy atom. The van der Waals surface area contributed by atoms with Crippen LogP contribution in [-0.4, -0.2) is 34.2 Å². The molecule has 2 N–H and O–H groups in total. The Hall–Kier alpha value is -3.98. The molecule has 8 nitrogen and oxygen atoms in total. The summed E-state index contributed by atoms with van der Waals surface area (Å²) in [5, 5.41) is 6.41. The van der Waals surface area contributed by atoms with Crippen LogP contribution in [0.15, 0.2) is 76.6 Å². The van der Waals surface area contributed by atoms with Gasteiger partial charge >= 0.3 is 0 Å². The van der Waals surface area contributed by atoms with Gasteiger partial charge in [0.15, 0.2) is 5.16 Å². The van der Waals surface area contributed by atoms with Crippen LogP contribution in [0.1, 0.15) is 27.4 Å². The number of carbonyl (C=O) groups is 2. The second-order valence-electron chi connectivity index (χ2n) is 7.86. The van der Waals surface area contributed by atoms with Crippen LogP contribution < -0.4 is 15.4 Å². The van der Waals surface area contributed by atoms with Crippen molar-refractivity contribution in [1.29, 1.82) is 0 Å². The highest BCUT2D eigenvalue weighted by atomic mass is 32.2. The van der Waals surface area contributed by atoms with Gasteiger partial charge in [0, 0.05) is 23.6 Å². The fourth-order valence-electron chi connectivity index (χ4n) is 3.45. The summed E-state index contributed by atoms with van der Waals surface area (Å²) in [6, 6.07) is 16.5. The van der Waals surface area contributed by atoms with Crippen molar-refractivity contribution in [1.82, 2.24) is 14.9 Å². The number of carbonyl (C=O) groups excluding carboxylic acids is 2. The second kappa shape index (κ2) is 11.0. The number of hydrogen-bond acceptors (Lipinski definition) is 6. The fraction of sp³-hybridized carbons (Fsp3) is 0.192. The monoisotopic (exact) mass is 490 g/mol. The molecule has 4 rings (SSSR count). The molecule has 0 bridgehead atoms. The van der Waals surface area contributed by atoms with Gasteiger partial charge in [-0.15, -0.1) is 0 Å². The lowest BCUT2D eigenvalue weighted by Crippen LogP contribution is -2.22. The fourth-order valence-corrected chi connectivity index (χ4v) is 4.23. The third-order valence-electron chi connectivity index (χ3n) is 5.20. The minimum atomic E-state index is -0.186. The third kappa shape index (κ3) is 6.13. The van der Waals surface area contributed by atoms with Gasteiger partial charge in [-0.1, -0.05) is 17.8 Å². The topological polar surface area (TPSA) is 98.4 Å². The average molecular weight is 491 g/mol. The van der Waals surface area contributed by atoms with Crippen LogP contribution in [0.5, 0.6) is 5.75 Å². The number of nitrogens with one attached hydrogen (secondary N) is 2. The molecule has 0 radical (unpaired) electrons. The number of aromatic nitrogens is 2. The molecule has 0 spiro atoms. The van der Waals surface area contributed by atoms with E-state index in [2.05, 4.69) is 15.6 Å². The van der Waals surface area contributed by atoms with E-state index in [-0.39, 0.29) is 17.6 Å². The Labute approximate surface area is 207 Å². The molecule has 2 amide bonds. The van der Waals surface area contributed by atoms with Crippen molar-refractivity contribution in [2.45, 2.75) is 25.5 Å². The standard InChI is InChI=1S/C26H26N4O4S/c1-17-4-11-23(33-3)22(14-17)29-24(31)16-35-26-27-12-13-30(26)20-8-6-19(7-9-20)25(32)28-15-21-10-5-18(2)34-21/h4-14H,15-16H2,1-3H3,(H,28,32)(H,29,31). The van der Waals surface area contributed by atoms with Crippen LogP contribution in [0.3, 0.4) is 0 Å². The van der Waals surface area contributed by atoms with E-state index in [1.807, 2.05) is 67.1 Å². The average Bonchev–Trinajstić information content (AvgIpc) is 3.50. The summed E-state index contributed by atoms with van der Waals surface area (Å²) in [5.74, 6) is 1.96. The summed E-state index contributed by atoms with van der Waals surface area (Å²) < 4.78 is 12.7. The molecule has 2 heterocycles. The molecule has 9 heteroatoms. The number of imidazole rings is 1. The van der Waals surface area contributed by atoms with Gasteiger partial charge in [-0.25, -0.2) is 4.98 Å². The number of rotatable bonds is 9. The molecule has 2 aromatic carbocycles. The van der Waals surface area contributed by atoms with Crippen molar-refractivity contribution in [3.63, 3.8) is 0 Å². The molecule has 0 aliphatic carbocycles. The SMILES string of the molecule is COc1ccc(C)cc1NC(=O)CSc1nccn1-c1ccc(C(=O)NCc2ccc(C)o2)cc1. The molecule has 0 unspecified atom stereocenters. The van der Waals surface area contributed by atoms with Crippen molar-refractivity contribution >= 4 is 29.3 Å². The highest BCUT2D eigenvalue weighted by Gasteiger charge is 2.13. The first-order valence-corrected chi connectivity index (χ1v) is 12.0. The molecule has 35 heavy (non-hydrogen) atoms. The van der Waals surface area contributed by atoms with E-state index in [4.69, 9.17) is 9.15 Å². The third-order valence-corrected chi connectivity index (χ3v) is 6.16. The van der Waals surface area contributed by atoms with Gasteiger partial charge in [-0.2, -0.15) is 0 Å². The Morgan fingerprint density at radius 3 is 2.60 bits per heavy atom. The van der Waals surface area contributed by atoms with E-state index < -0.39 is 0 Å². The van der Waals surface area contributed by atoms with Crippen LogP contribution in [-0.2, 0) is 11.3 Å². The zero-order valence-electron chi connectivity index (χ0n) is 19.7. The molecule has 0 aliphatic heterocycles. The van der Waals surface area contributed by atoms with E-state index in [0.717, 1.165) is 17.0 Å². The predicted molar refractivity (Wildman–Crippen MR) is 135 cm³/mol. The summed E-state index contributed by atoms with van der Waals surface area (Å²) in [7, 11) is 1.57. The van der Waals surface area contributed by atoms with Crippen LogP contribution in [0.2, 0.25) is 0 Å². The summed E-state index contributed by atoms with van der Waals surface area (Å²) >= 11 is 1.32. The minimum absolute atomic E-state index is 0.160. The number of anilines is 1. The minimum Gasteiger partial charge on any atom is -0.495 e. The first kappa shape index (κ1) is 24.2. The predicted octanol–water partition coefficient (Wildman–Crippen LogP) is 4.75. The van der Waals surface area contributed by atoms with E-state index >= 15 is 0 Å². The number of aryl methyl sites for hydroxylation is 2. The van der Waals surface area contributed by atoms with Gasteiger partial charge in [0.25, 0.3) is 5.91 Å². The maximum Gasteiger partial charge on any atom is 0.251 e. The number of methoxy groups -OCH3 is 1. The number of benzene rings is 2. The maximum atomic E-state index is 12.5. The quantitative estimate of drug-likeness (QED) is 0.329. The van der Waals surface area contributed by atoms with Crippen LogP contribution in [0.4, 0.5) is 5.69 Å². The Bertz CT molecular complexity index is 1330. The number of amides is 2. The lowest BCUT2D eigenvalue weighted by molar-refractivity contribution is -0.113. The van der Waals surface area contributed by atoms with E-state index in [1.54, 1.807) is 25.4 Å². The molecule has 4 aromatic rings. The van der Waals surface area contributed by atoms with Gasteiger partial charge in [-0.05, 0) is 67.9 Å². The number of furan rings is 1. The largest absolute Gasteiger partial charge is 0.495 e. The molecule has 2 aromatic heterocycles.